The zero-order valence-corrected chi connectivity index (χ0v) is 60.7. The van der Waals surface area contributed by atoms with Crippen molar-refractivity contribution in [2.75, 3.05) is 44.4 Å². The Morgan fingerprint density at radius 1 is 0.729 bits per heavy atom. The molecule has 7 aromatic carbocycles. The highest BCUT2D eigenvalue weighted by molar-refractivity contribution is 6.06. The molecule has 1 saturated carbocycles. The minimum atomic E-state index is -1.03. The van der Waals surface area contributed by atoms with E-state index in [4.69, 9.17) is 34.0 Å². The molecular weight excluding hydrogens is 1350 g/mol. The fourth-order valence-electron chi connectivity index (χ4n) is 16.2. The summed E-state index contributed by atoms with van der Waals surface area (Å²) in [6, 6.07) is 48.5. The maximum Gasteiger partial charge on any atom is 0.410 e. The Morgan fingerprint density at radius 2 is 1.39 bits per heavy atom. The summed E-state index contributed by atoms with van der Waals surface area (Å²) in [6.45, 7) is 12.8. The van der Waals surface area contributed by atoms with Gasteiger partial charge in [0.1, 0.15) is 58.8 Å². The molecule has 3 amide bonds. The smallest absolute Gasteiger partial charge is 0.410 e. The Balaban J connectivity index is 0.769. The lowest BCUT2D eigenvalue weighted by Gasteiger charge is -2.36. The van der Waals surface area contributed by atoms with Crippen molar-refractivity contribution in [3.63, 3.8) is 0 Å². The molecule has 5 aliphatic rings. The number of piperazine rings is 1. The number of benzene rings is 7. The Kier molecular flexibility index (Phi) is 19.1. The molecule has 8 heterocycles. The van der Waals surface area contributed by atoms with Crippen molar-refractivity contribution in [3.8, 4) is 45.5 Å². The molecule has 4 aromatic heterocycles. The molecule has 23 heteroatoms. The highest BCUT2D eigenvalue weighted by Gasteiger charge is 2.49. The number of halogens is 1. The number of fused-ring (bicyclic) bond motifs is 4. The molecule has 1 aliphatic carbocycles. The van der Waals surface area contributed by atoms with Gasteiger partial charge in [0.2, 0.25) is 11.8 Å². The maximum absolute atomic E-state index is 17.7. The van der Waals surface area contributed by atoms with E-state index in [1.165, 1.54) is 15.6 Å². The van der Waals surface area contributed by atoms with Crippen molar-refractivity contribution < 1.29 is 47.9 Å². The normalized spacial score (nSPS) is 18.9. The van der Waals surface area contributed by atoms with Gasteiger partial charge in [0.05, 0.1) is 55.8 Å². The second-order valence-corrected chi connectivity index (χ2v) is 30.2. The van der Waals surface area contributed by atoms with Crippen LogP contribution in [0.15, 0.2) is 183 Å². The van der Waals surface area contributed by atoms with Crippen LogP contribution in [-0.4, -0.2) is 158 Å². The number of rotatable bonds is 21. The molecule has 16 rings (SSSR count). The third-order valence-electron chi connectivity index (χ3n) is 21.5. The van der Waals surface area contributed by atoms with Crippen LogP contribution >= 0.6 is 0 Å². The lowest BCUT2D eigenvalue weighted by Crippen LogP contribution is -2.50. The van der Waals surface area contributed by atoms with Crippen molar-refractivity contribution in [1.82, 2.24) is 59.8 Å². The van der Waals surface area contributed by atoms with Gasteiger partial charge in [0, 0.05) is 96.6 Å². The topological polar surface area (TPSA) is 250 Å². The number of nitrogens with zero attached hydrogens (tertiary/aromatic N) is 12. The monoisotopic (exact) mass is 1440 g/mol. The molecule has 548 valence electrons. The highest BCUT2D eigenvalue weighted by Crippen LogP contribution is 2.55. The number of carbonyl (C=O) groups excluding carboxylic acids is 3. The average molecular weight is 1440 g/mol. The summed E-state index contributed by atoms with van der Waals surface area (Å²) >= 11 is 0. The Morgan fingerprint density at radius 3 is 2.01 bits per heavy atom. The predicted molar refractivity (Wildman–Crippen MR) is 402 cm³/mol. The quantitative estimate of drug-likeness (QED) is 0.0566. The van der Waals surface area contributed by atoms with Gasteiger partial charge in [0.15, 0.2) is 11.6 Å². The third-order valence-corrected chi connectivity index (χ3v) is 21.5. The van der Waals surface area contributed by atoms with Gasteiger partial charge in [0.25, 0.3) is 0 Å². The second kappa shape index (κ2) is 29.0. The fourth-order valence-corrected chi connectivity index (χ4v) is 16.2. The zero-order chi connectivity index (χ0) is 73.8. The molecule has 2 bridgehead atoms. The van der Waals surface area contributed by atoms with Gasteiger partial charge in [-0.25, -0.2) is 23.8 Å². The lowest BCUT2D eigenvalue weighted by molar-refractivity contribution is -0.142. The predicted octanol–water partition coefficient (Wildman–Crippen LogP) is 12.9. The Hall–Kier alpha value is -11.0. The van der Waals surface area contributed by atoms with Gasteiger partial charge in [-0.3, -0.25) is 14.3 Å². The van der Waals surface area contributed by atoms with E-state index < -0.39 is 59.6 Å². The summed E-state index contributed by atoms with van der Waals surface area (Å²) in [6.07, 6.45) is 9.28. The number of hydrogen-bond acceptors (Lipinski definition) is 17. The van der Waals surface area contributed by atoms with Gasteiger partial charge < -0.3 is 49.2 Å². The van der Waals surface area contributed by atoms with Crippen molar-refractivity contribution in [2.24, 2.45) is 5.92 Å². The van der Waals surface area contributed by atoms with Gasteiger partial charge in [-0.15, -0.1) is 5.10 Å². The number of aliphatic hydroxyl groups excluding tert-OH is 2. The van der Waals surface area contributed by atoms with Crippen LogP contribution in [0.25, 0.3) is 55.6 Å². The molecule has 0 spiro atoms. The number of nitrogens with one attached hydrogen (secondary N) is 1. The van der Waals surface area contributed by atoms with Gasteiger partial charge in [-0.05, 0) is 110 Å². The molecule has 22 nitrogen and oxygen atoms in total. The van der Waals surface area contributed by atoms with Gasteiger partial charge in [-0.1, -0.05) is 159 Å². The number of ether oxygens (including phenoxy) is 4. The summed E-state index contributed by atoms with van der Waals surface area (Å²) < 4.78 is 47.3. The van der Waals surface area contributed by atoms with E-state index in [-0.39, 0.29) is 61.7 Å². The molecule has 5 fully saturated rings. The Labute approximate surface area is 619 Å². The number of aliphatic hydroxyl groups is 2. The summed E-state index contributed by atoms with van der Waals surface area (Å²) in [5, 5.41) is 40.6. The molecule has 3 N–H and O–H groups in total. The molecule has 4 aliphatic heterocycles. The SMILES string of the molecule is Cc1c(F)cc2nn(C(c3ccccc3)(c3ccccc3)c3ccccc3)cc2c1-c1c(C2CC2)cc2c(N3C[C@@H]4C[C@H]3CN4C(=O)OC(C)(C)C)nc(OC3CCOCC3)nc2c1OCc1ccc(-c2cn([C@H](C(=O)N3C[C@H](O)C[C@H]3C(=O)N[C@@H](CO)c3ccc(-c4ncccn4)cc3)C(C)C)nn2)cc1. The molecule has 4 saturated heterocycles. The van der Waals surface area contributed by atoms with Crippen LogP contribution in [0.5, 0.6) is 11.8 Å². The van der Waals surface area contributed by atoms with E-state index in [1.54, 1.807) is 36.8 Å². The van der Waals surface area contributed by atoms with Crippen LogP contribution < -0.4 is 19.7 Å². The summed E-state index contributed by atoms with van der Waals surface area (Å²) in [7, 11) is 0. The molecule has 6 atom stereocenters. The highest BCUT2D eigenvalue weighted by atomic mass is 19.1. The zero-order valence-electron chi connectivity index (χ0n) is 60.7. The Bertz CT molecular complexity index is 4980. The number of β-amino-alcohol motifs (C(OH)–C–C–N with tert-alkyl or cyclic N) is 1. The molecular formula is C84H86FN13O9. The second-order valence-electron chi connectivity index (χ2n) is 30.2. The largest absolute Gasteiger partial charge is 0.486 e. The first-order chi connectivity index (χ1) is 51.9. The fraction of sp³-hybridized carbons (Fsp3) is 0.357. The van der Waals surface area contributed by atoms with Crippen LogP contribution in [0.4, 0.5) is 15.0 Å². The lowest BCUT2D eigenvalue weighted by atomic mass is 9.77. The summed E-state index contributed by atoms with van der Waals surface area (Å²) in [5.74, 6) is -0.00582. The van der Waals surface area contributed by atoms with Crippen LogP contribution in [0.1, 0.15) is 130 Å². The van der Waals surface area contributed by atoms with Crippen molar-refractivity contribution >= 4 is 45.5 Å². The van der Waals surface area contributed by atoms with Crippen LogP contribution in [0.2, 0.25) is 0 Å². The first-order valence-corrected chi connectivity index (χ1v) is 37.0. The van der Waals surface area contributed by atoms with E-state index in [9.17, 15) is 24.6 Å². The first-order valence-electron chi connectivity index (χ1n) is 37.0. The van der Waals surface area contributed by atoms with Gasteiger partial charge in [-0.2, -0.15) is 15.1 Å². The molecule has 11 aromatic rings. The third kappa shape index (κ3) is 13.7. The number of aromatic nitrogens is 9. The van der Waals surface area contributed by atoms with Gasteiger partial charge >= 0.3 is 12.1 Å². The van der Waals surface area contributed by atoms with Crippen molar-refractivity contribution in [1.29, 1.82) is 0 Å². The number of carbonyl (C=O) groups is 3. The van der Waals surface area contributed by atoms with E-state index in [0.29, 0.717) is 113 Å². The molecule has 0 unspecified atom stereocenters. The summed E-state index contributed by atoms with van der Waals surface area (Å²) in [4.78, 5) is 67.8. The number of likely N-dealkylation sites (tertiary alicyclic amines) is 2. The van der Waals surface area contributed by atoms with Crippen LogP contribution in [0.3, 0.4) is 0 Å². The first kappa shape index (κ1) is 70.3. The van der Waals surface area contributed by atoms with E-state index in [2.05, 4.69) is 79.2 Å². The number of anilines is 1. The van der Waals surface area contributed by atoms with E-state index >= 15 is 4.39 Å². The maximum atomic E-state index is 17.7. The molecule has 107 heavy (non-hydrogen) atoms. The average Bonchev–Trinajstić information content (AvgIpc) is 1.64. The standard InChI is InChI=1S/C84H86FN13O9/c1-50(2)75(80(102)96-45-62(100)40-71(96)79(101)88-70(48-99)55-29-31-56(32-30-55)77-86-35-16-36-87-77)97-47-69(91-93-97)54-25-23-52(24-26-54)49-105-76-73(72-51(3)67(85)42-68-66(72)46-98(92-68)84(57-17-10-7-11-18-57,58-19-12-8-13-20-58)59-21-14-9-15-22-59)64(53-27-28-53)41-65-74(76)89-81(106-63-33-37-104-38-34-63)90-78(65)94-43-61-39-60(94)44-95(61)82(103)107-83(4,5)6/h7-26,29-32,35-36,41-42,46-47,50,53,60-63,70-71,75,99-100H,27-28,33-34,37-40,43-45,48-49H2,1-6H3,(H,88,101)/t60-,61-,62+,70-,71-,75-/m0/s1. The van der Waals surface area contributed by atoms with E-state index in [1.807, 2.05) is 142 Å². The van der Waals surface area contributed by atoms with E-state index in [0.717, 1.165) is 51.6 Å². The number of hydrogen-bond donors (Lipinski definition) is 3. The summed E-state index contributed by atoms with van der Waals surface area (Å²) in [5.41, 5.74) is 8.16. The van der Waals surface area contributed by atoms with Crippen molar-refractivity contribution in [2.45, 2.75) is 146 Å². The molecule has 0 radical (unpaired) electrons. The van der Waals surface area contributed by atoms with Crippen LogP contribution in [0, 0.1) is 18.7 Å². The number of amides is 3. The van der Waals surface area contributed by atoms with Crippen molar-refractivity contribution in [3.05, 3.63) is 227 Å². The minimum absolute atomic E-state index is 0.00497. The minimum Gasteiger partial charge on any atom is -0.486 e. The van der Waals surface area contributed by atoms with Crippen LogP contribution in [-0.2, 0) is 31.2 Å².